The molecule has 0 radical (unpaired) electrons. The van der Waals surface area contributed by atoms with Crippen LogP contribution >= 0.6 is 0 Å². The van der Waals surface area contributed by atoms with Gasteiger partial charge in [-0.25, -0.2) is 4.79 Å². The summed E-state index contributed by atoms with van der Waals surface area (Å²) in [6, 6.07) is 1.44. The molecule has 9 heteroatoms. The molecule has 0 saturated carbocycles. The number of rotatable bonds is 4. The van der Waals surface area contributed by atoms with E-state index in [0.717, 1.165) is 4.57 Å². The number of hydrogen-bond donors (Lipinski definition) is 0. The van der Waals surface area contributed by atoms with Gasteiger partial charge in [0, 0.05) is 33.3 Å². The highest BCUT2D eigenvalue weighted by molar-refractivity contribution is 7.86. The lowest BCUT2D eigenvalue weighted by Crippen LogP contribution is -2.43. The molecule has 1 fully saturated rings. The zero-order valence-corrected chi connectivity index (χ0v) is 13.8. The number of hydrogen-bond acceptors (Lipinski definition) is 6. The van der Waals surface area contributed by atoms with Gasteiger partial charge in [0.05, 0.1) is 12.9 Å². The molecule has 1 aliphatic rings. The second-order valence-corrected chi connectivity index (χ2v) is 7.34. The van der Waals surface area contributed by atoms with Gasteiger partial charge in [0.15, 0.2) is 0 Å². The Kier molecular flexibility index (Phi) is 4.76. The Hall–Kier alpha value is -1.61. The molecule has 1 aliphatic heterocycles. The first kappa shape index (κ1) is 16.8. The first-order chi connectivity index (χ1) is 10.2. The second kappa shape index (κ2) is 6.25. The maximum Gasteiger partial charge on any atom is 0.332 e. The van der Waals surface area contributed by atoms with Crippen molar-refractivity contribution in [1.82, 2.24) is 9.13 Å². The minimum Gasteiger partial charge on any atom is -0.358 e. The van der Waals surface area contributed by atoms with Crippen molar-refractivity contribution >= 4 is 15.9 Å². The third-order valence-electron chi connectivity index (χ3n) is 4.13. The fourth-order valence-corrected chi connectivity index (χ4v) is 3.76. The topological polar surface area (TPSA) is 90.6 Å². The SMILES string of the molecule is COS(=O)(=O)CC1CCN(c2cc(=O)n(C)c(=O)n2C)CC1. The summed E-state index contributed by atoms with van der Waals surface area (Å²) >= 11 is 0. The molecule has 0 unspecified atom stereocenters. The molecule has 0 atom stereocenters. The Morgan fingerprint density at radius 1 is 1.18 bits per heavy atom. The average Bonchev–Trinajstić information content (AvgIpc) is 2.49. The van der Waals surface area contributed by atoms with Crippen molar-refractivity contribution in [3.05, 3.63) is 26.9 Å². The van der Waals surface area contributed by atoms with E-state index in [9.17, 15) is 18.0 Å². The van der Waals surface area contributed by atoms with E-state index in [1.165, 1.54) is 24.8 Å². The van der Waals surface area contributed by atoms with Gasteiger partial charge in [0.2, 0.25) is 0 Å². The van der Waals surface area contributed by atoms with Gasteiger partial charge in [0.25, 0.3) is 15.7 Å². The quantitative estimate of drug-likeness (QED) is 0.676. The zero-order valence-electron chi connectivity index (χ0n) is 13.0. The second-order valence-electron chi connectivity index (χ2n) is 5.56. The molecular weight excluding hydrogens is 310 g/mol. The number of nitrogens with zero attached hydrogens (tertiary/aromatic N) is 3. The van der Waals surface area contributed by atoms with Gasteiger partial charge in [-0.15, -0.1) is 0 Å². The number of piperidine rings is 1. The van der Waals surface area contributed by atoms with Crippen molar-refractivity contribution in [2.45, 2.75) is 12.8 Å². The molecule has 0 spiro atoms. The predicted octanol–water partition coefficient (Wildman–Crippen LogP) is -0.723. The molecule has 1 saturated heterocycles. The van der Waals surface area contributed by atoms with Crippen LogP contribution in [0.2, 0.25) is 0 Å². The van der Waals surface area contributed by atoms with Crippen LogP contribution in [0, 0.1) is 5.92 Å². The molecular formula is C13H21N3O5S. The molecule has 0 amide bonds. The van der Waals surface area contributed by atoms with E-state index in [0.29, 0.717) is 31.7 Å². The number of aromatic nitrogens is 2. The summed E-state index contributed by atoms with van der Waals surface area (Å²) in [5.41, 5.74) is -0.714. The van der Waals surface area contributed by atoms with Crippen LogP contribution in [0.4, 0.5) is 5.82 Å². The molecule has 0 aromatic carbocycles. The molecule has 1 aromatic heterocycles. The lowest BCUT2D eigenvalue weighted by Gasteiger charge is -2.33. The van der Waals surface area contributed by atoms with E-state index >= 15 is 0 Å². The highest BCUT2D eigenvalue weighted by Crippen LogP contribution is 2.22. The average molecular weight is 331 g/mol. The number of anilines is 1. The molecule has 2 rings (SSSR count). The Bertz CT molecular complexity index is 757. The highest BCUT2D eigenvalue weighted by atomic mass is 32.2. The van der Waals surface area contributed by atoms with Crippen molar-refractivity contribution in [3.8, 4) is 0 Å². The van der Waals surface area contributed by atoms with Crippen LogP contribution in [0.1, 0.15) is 12.8 Å². The van der Waals surface area contributed by atoms with Crippen LogP contribution in [0.5, 0.6) is 0 Å². The van der Waals surface area contributed by atoms with Crippen molar-refractivity contribution in [2.24, 2.45) is 20.0 Å². The normalized spacial score (nSPS) is 17.0. The summed E-state index contributed by atoms with van der Waals surface area (Å²) in [6.45, 7) is 1.20. The van der Waals surface area contributed by atoms with Crippen LogP contribution in [0.3, 0.4) is 0 Å². The lowest BCUT2D eigenvalue weighted by atomic mass is 9.99. The first-order valence-corrected chi connectivity index (χ1v) is 8.63. The molecule has 0 bridgehead atoms. The zero-order chi connectivity index (χ0) is 16.5. The van der Waals surface area contributed by atoms with Crippen LogP contribution in [0.15, 0.2) is 15.7 Å². The maximum atomic E-state index is 11.9. The molecule has 0 N–H and O–H groups in total. The van der Waals surface area contributed by atoms with Gasteiger partial charge in [0.1, 0.15) is 5.82 Å². The van der Waals surface area contributed by atoms with E-state index in [-0.39, 0.29) is 22.9 Å². The van der Waals surface area contributed by atoms with E-state index in [4.69, 9.17) is 0 Å². The van der Waals surface area contributed by atoms with Crippen molar-refractivity contribution < 1.29 is 12.6 Å². The van der Waals surface area contributed by atoms with Crippen LogP contribution in [-0.2, 0) is 28.4 Å². The van der Waals surface area contributed by atoms with Crippen molar-refractivity contribution in [3.63, 3.8) is 0 Å². The van der Waals surface area contributed by atoms with Gasteiger partial charge >= 0.3 is 5.69 Å². The molecule has 0 aliphatic carbocycles. The molecule has 2 heterocycles. The van der Waals surface area contributed by atoms with E-state index < -0.39 is 10.1 Å². The fraction of sp³-hybridized carbons (Fsp3) is 0.692. The molecule has 1 aromatic rings. The third kappa shape index (κ3) is 3.41. The van der Waals surface area contributed by atoms with E-state index in [1.807, 2.05) is 4.90 Å². The third-order valence-corrected chi connectivity index (χ3v) is 5.52. The van der Waals surface area contributed by atoms with Gasteiger partial charge in [-0.3, -0.25) is 18.1 Å². The van der Waals surface area contributed by atoms with E-state index in [1.54, 1.807) is 7.05 Å². The van der Waals surface area contributed by atoms with Gasteiger partial charge in [-0.1, -0.05) is 0 Å². The van der Waals surface area contributed by atoms with Gasteiger partial charge in [-0.2, -0.15) is 8.42 Å². The summed E-state index contributed by atoms with van der Waals surface area (Å²) in [5, 5.41) is 0. The standard InChI is InChI=1S/C13H21N3O5S/c1-14-11(8-12(17)15(2)13(14)18)16-6-4-10(5-7-16)9-22(19,20)21-3/h8,10H,4-7,9H2,1-3H3. The summed E-state index contributed by atoms with van der Waals surface area (Å²) in [7, 11) is 0.775. The Morgan fingerprint density at radius 3 is 2.32 bits per heavy atom. The molecule has 22 heavy (non-hydrogen) atoms. The lowest BCUT2D eigenvalue weighted by molar-refractivity contribution is 0.372. The van der Waals surface area contributed by atoms with Crippen LogP contribution in [-0.4, -0.2) is 43.5 Å². The molecule has 8 nitrogen and oxygen atoms in total. The Morgan fingerprint density at radius 2 is 1.77 bits per heavy atom. The largest absolute Gasteiger partial charge is 0.358 e. The summed E-state index contributed by atoms with van der Waals surface area (Å²) in [6.07, 6.45) is 1.35. The molecule has 124 valence electrons. The maximum absolute atomic E-state index is 11.9. The minimum absolute atomic E-state index is 0.00677. The first-order valence-electron chi connectivity index (χ1n) is 7.05. The monoisotopic (exact) mass is 331 g/mol. The van der Waals surface area contributed by atoms with Gasteiger partial charge < -0.3 is 4.90 Å². The van der Waals surface area contributed by atoms with Crippen LogP contribution in [0.25, 0.3) is 0 Å². The highest BCUT2D eigenvalue weighted by Gasteiger charge is 2.25. The van der Waals surface area contributed by atoms with E-state index in [2.05, 4.69) is 4.18 Å². The van der Waals surface area contributed by atoms with Crippen LogP contribution < -0.4 is 16.1 Å². The van der Waals surface area contributed by atoms with Crippen molar-refractivity contribution in [2.75, 3.05) is 30.9 Å². The summed E-state index contributed by atoms with van der Waals surface area (Å²) in [5.74, 6) is 0.609. The Labute approximate surface area is 129 Å². The smallest absolute Gasteiger partial charge is 0.332 e. The minimum atomic E-state index is -3.46. The fourth-order valence-electron chi connectivity index (χ4n) is 2.71. The predicted molar refractivity (Wildman–Crippen MR) is 82.7 cm³/mol. The van der Waals surface area contributed by atoms with Crippen molar-refractivity contribution in [1.29, 1.82) is 0 Å². The van der Waals surface area contributed by atoms with Gasteiger partial charge in [-0.05, 0) is 18.8 Å². The summed E-state index contributed by atoms with van der Waals surface area (Å²) in [4.78, 5) is 25.7. The summed E-state index contributed by atoms with van der Waals surface area (Å²) < 4.78 is 29.9. The Balaban J connectivity index is 2.13.